The van der Waals surface area contributed by atoms with Crippen molar-refractivity contribution < 1.29 is 13.9 Å². The van der Waals surface area contributed by atoms with Crippen LogP contribution in [0.5, 0.6) is 5.75 Å². The lowest BCUT2D eigenvalue weighted by Gasteiger charge is -2.26. The average Bonchev–Trinajstić information content (AvgIpc) is 3.28. The van der Waals surface area contributed by atoms with Crippen LogP contribution in [0.25, 0.3) is 0 Å². The summed E-state index contributed by atoms with van der Waals surface area (Å²) in [5.74, 6) is 1.21. The molecule has 2 heterocycles. The van der Waals surface area contributed by atoms with Crippen LogP contribution in [0.1, 0.15) is 24.6 Å². The summed E-state index contributed by atoms with van der Waals surface area (Å²) in [4.78, 5) is 14.4. The number of carbonyl (C=O) groups excluding carboxylic acids is 1. The highest BCUT2D eigenvalue weighted by Gasteiger charge is 2.25. The lowest BCUT2D eigenvalue weighted by Crippen LogP contribution is -2.38. The van der Waals surface area contributed by atoms with Crippen molar-refractivity contribution in [2.24, 2.45) is 0 Å². The van der Waals surface area contributed by atoms with E-state index in [9.17, 15) is 4.79 Å². The van der Waals surface area contributed by atoms with Crippen LogP contribution in [-0.4, -0.2) is 37.0 Å². The SMILES string of the molecule is Cl.O=C(COc1ccccc1Cl)NCC(c1ccco1)N1CCCC1. The summed E-state index contributed by atoms with van der Waals surface area (Å²) < 4.78 is 11.0. The molecule has 1 saturated heterocycles. The van der Waals surface area contributed by atoms with Gasteiger partial charge in [-0.15, -0.1) is 12.4 Å². The van der Waals surface area contributed by atoms with Crippen molar-refractivity contribution in [3.05, 3.63) is 53.4 Å². The highest BCUT2D eigenvalue weighted by molar-refractivity contribution is 6.32. The quantitative estimate of drug-likeness (QED) is 0.790. The second-order valence-corrected chi connectivity index (χ2v) is 6.20. The summed E-state index contributed by atoms with van der Waals surface area (Å²) in [5, 5.41) is 3.43. The Labute approximate surface area is 158 Å². The van der Waals surface area contributed by atoms with E-state index in [-0.39, 0.29) is 31.0 Å². The molecule has 1 aromatic carbocycles. The molecule has 1 N–H and O–H groups in total. The number of ether oxygens (including phenoxy) is 1. The zero-order valence-corrected chi connectivity index (χ0v) is 15.4. The second kappa shape index (κ2) is 9.70. The Hall–Kier alpha value is -1.69. The molecule has 0 radical (unpaired) electrons. The van der Waals surface area contributed by atoms with Crippen molar-refractivity contribution in [2.45, 2.75) is 18.9 Å². The highest BCUT2D eigenvalue weighted by Crippen LogP contribution is 2.25. The standard InChI is InChI=1S/C18H21ClN2O3.ClH/c19-14-6-1-2-7-16(14)24-13-18(22)20-12-15(17-8-5-11-23-17)21-9-3-4-10-21;/h1-2,5-8,11,15H,3-4,9-10,12-13H2,(H,20,22);1H. The Morgan fingerprint density at radius 1 is 1.24 bits per heavy atom. The zero-order chi connectivity index (χ0) is 16.8. The summed E-state index contributed by atoms with van der Waals surface area (Å²) in [6.07, 6.45) is 4.03. The number of hydrogen-bond acceptors (Lipinski definition) is 4. The third-order valence-corrected chi connectivity index (χ3v) is 4.45. The Kier molecular flexibility index (Phi) is 7.62. The van der Waals surface area contributed by atoms with Crippen LogP contribution < -0.4 is 10.1 Å². The molecule has 1 aliphatic rings. The van der Waals surface area contributed by atoms with Gasteiger partial charge in [0.1, 0.15) is 11.5 Å². The summed E-state index contributed by atoms with van der Waals surface area (Å²) >= 11 is 6.01. The van der Waals surface area contributed by atoms with E-state index in [1.54, 1.807) is 18.4 Å². The van der Waals surface area contributed by atoms with Gasteiger partial charge in [0, 0.05) is 6.54 Å². The zero-order valence-electron chi connectivity index (χ0n) is 13.8. The maximum atomic E-state index is 12.1. The lowest BCUT2D eigenvalue weighted by molar-refractivity contribution is -0.123. The van der Waals surface area contributed by atoms with Crippen molar-refractivity contribution in [2.75, 3.05) is 26.2 Å². The molecule has 25 heavy (non-hydrogen) atoms. The van der Waals surface area contributed by atoms with E-state index in [0.717, 1.165) is 18.8 Å². The summed E-state index contributed by atoms with van der Waals surface area (Å²) in [7, 11) is 0. The van der Waals surface area contributed by atoms with E-state index in [1.807, 2.05) is 24.3 Å². The molecule has 1 atom stereocenters. The molecule has 5 nitrogen and oxygen atoms in total. The molecule has 0 aliphatic carbocycles. The molecule has 0 bridgehead atoms. The summed E-state index contributed by atoms with van der Waals surface area (Å²) in [5.41, 5.74) is 0. The van der Waals surface area contributed by atoms with Gasteiger partial charge in [-0.2, -0.15) is 0 Å². The Morgan fingerprint density at radius 2 is 2.00 bits per heavy atom. The van der Waals surface area contributed by atoms with E-state index in [0.29, 0.717) is 17.3 Å². The van der Waals surface area contributed by atoms with Gasteiger partial charge in [-0.1, -0.05) is 23.7 Å². The molecule has 3 rings (SSSR count). The number of para-hydroxylation sites is 1. The first-order valence-electron chi connectivity index (χ1n) is 8.15. The first-order valence-corrected chi connectivity index (χ1v) is 8.53. The number of nitrogens with one attached hydrogen (secondary N) is 1. The molecule has 1 aromatic heterocycles. The molecule has 0 saturated carbocycles. The highest BCUT2D eigenvalue weighted by atomic mass is 35.5. The fourth-order valence-corrected chi connectivity index (χ4v) is 3.10. The predicted octanol–water partition coefficient (Wildman–Crippen LogP) is 3.69. The topological polar surface area (TPSA) is 54.7 Å². The van der Waals surface area contributed by atoms with Crippen molar-refractivity contribution in [1.82, 2.24) is 10.2 Å². The molecule has 1 fully saturated rings. The molecule has 1 aliphatic heterocycles. The maximum absolute atomic E-state index is 12.1. The fraction of sp³-hybridized carbons (Fsp3) is 0.389. The summed E-state index contributed by atoms with van der Waals surface area (Å²) in [6.45, 7) is 2.49. The van der Waals surface area contributed by atoms with E-state index in [4.69, 9.17) is 20.8 Å². The normalized spacial score (nSPS) is 15.4. The minimum Gasteiger partial charge on any atom is -0.482 e. The Balaban J connectivity index is 0.00000225. The molecule has 7 heteroatoms. The van der Waals surface area contributed by atoms with Gasteiger partial charge in [0.15, 0.2) is 6.61 Å². The Morgan fingerprint density at radius 3 is 2.68 bits per heavy atom. The van der Waals surface area contributed by atoms with Gasteiger partial charge in [0.25, 0.3) is 5.91 Å². The van der Waals surface area contributed by atoms with Crippen molar-refractivity contribution >= 4 is 29.9 Å². The van der Waals surface area contributed by atoms with E-state index < -0.39 is 0 Å². The van der Waals surface area contributed by atoms with Gasteiger partial charge in [0.05, 0.1) is 17.3 Å². The molecule has 0 spiro atoms. The molecule has 1 amide bonds. The van der Waals surface area contributed by atoms with Gasteiger partial charge < -0.3 is 14.5 Å². The van der Waals surface area contributed by atoms with Gasteiger partial charge in [-0.25, -0.2) is 0 Å². The first kappa shape index (κ1) is 19.6. The maximum Gasteiger partial charge on any atom is 0.258 e. The number of likely N-dealkylation sites (tertiary alicyclic amines) is 1. The van der Waals surface area contributed by atoms with Crippen LogP contribution in [0.2, 0.25) is 5.02 Å². The van der Waals surface area contributed by atoms with Gasteiger partial charge in [-0.05, 0) is 50.2 Å². The predicted molar refractivity (Wildman–Crippen MR) is 99.5 cm³/mol. The molecular weight excluding hydrogens is 363 g/mol. The van der Waals surface area contributed by atoms with Crippen LogP contribution in [0.15, 0.2) is 47.1 Å². The van der Waals surface area contributed by atoms with Crippen molar-refractivity contribution in [3.8, 4) is 5.75 Å². The molecule has 2 aromatic rings. The van der Waals surface area contributed by atoms with E-state index >= 15 is 0 Å². The third kappa shape index (κ3) is 5.39. The molecule has 136 valence electrons. The average molecular weight is 385 g/mol. The monoisotopic (exact) mass is 384 g/mol. The van der Waals surface area contributed by atoms with Crippen molar-refractivity contribution in [3.63, 3.8) is 0 Å². The van der Waals surface area contributed by atoms with Crippen molar-refractivity contribution in [1.29, 1.82) is 0 Å². The second-order valence-electron chi connectivity index (χ2n) is 5.80. The van der Waals surface area contributed by atoms with Crippen LogP contribution in [-0.2, 0) is 4.79 Å². The van der Waals surface area contributed by atoms with Gasteiger partial charge >= 0.3 is 0 Å². The van der Waals surface area contributed by atoms with Crippen LogP contribution >= 0.6 is 24.0 Å². The molecule has 1 unspecified atom stereocenters. The first-order chi connectivity index (χ1) is 11.7. The van der Waals surface area contributed by atoms with Crippen LogP contribution in [0, 0.1) is 0 Å². The van der Waals surface area contributed by atoms with Gasteiger partial charge in [-0.3, -0.25) is 9.69 Å². The lowest BCUT2D eigenvalue weighted by atomic mass is 10.2. The number of nitrogens with zero attached hydrogens (tertiary/aromatic N) is 1. The van der Waals surface area contributed by atoms with E-state index in [2.05, 4.69) is 10.2 Å². The van der Waals surface area contributed by atoms with E-state index in [1.165, 1.54) is 12.8 Å². The van der Waals surface area contributed by atoms with Gasteiger partial charge in [0.2, 0.25) is 0 Å². The number of carbonyl (C=O) groups is 1. The Bertz CT molecular complexity index is 658. The van der Waals surface area contributed by atoms with Crippen LogP contribution in [0.4, 0.5) is 0 Å². The minimum atomic E-state index is -0.175. The number of rotatable bonds is 7. The minimum absolute atomic E-state index is 0. The number of hydrogen-bond donors (Lipinski definition) is 1. The number of amides is 1. The number of halogens is 2. The molecular formula is C18H22Cl2N2O3. The number of furan rings is 1. The smallest absolute Gasteiger partial charge is 0.258 e. The third-order valence-electron chi connectivity index (χ3n) is 4.14. The summed E-state index contributed by atoms with van der Waals surface area (Å²) in [6, 6.07) is 11.0. The largest absolute Gasteiger partial charge is 0.482 e. The van der Waals surface area contributed by atoms with Crippen LogP contribution in [0.3, 0.4) is 0 Å². The number of benzene rings is 1. The fourth-order valence-electron chi connectivity index (χ4n) is 2.91.